The van der Waals surface area contributed by atoms with Crippen molar-refractivity contribution in [3.05, 3.63) is 146 Å². The number of carbonyl (C=O) groups excluding carboxylic acids is 1. The number of halogens is 5. The quantitative estimate of drug-likeness (QED) is 0.145. The largest absolute Gasteiger partial charge is 0.505 e. The normalized spacial score (nSPS) is 17.2. The van der Waals surface area contributed by atoms with Gasteiger partial charge in [-0.1, -0.05) is 133 Å². The highest BCUT2D eigenvalue weighted by Gasteiger charge is 2.37. The number of amides is 2. The van der Waals surface area contributed by atoms with Gasteiger partial charge >= 0.3 is 6.03 Å². The lowest BCUT2D eigenvalue weighted by atomic mass is 9.89. The lowest BCUT2D eigenvalue weighted by Gasteiger charge is -2.31. The van der Waals surface area contributed by atoms with E-state index in [0.717, 1.165) is 15.9 Å². The maximum absolute atomic E-state index is 16.6. The van der Waals surface area contributed by atoms with Crippen molar-refractivity contribution in [2.24, 2.45) is 5.92 Å². The Morgan fingerprint density at radius 1 is 0.865 bits per heavy atom. The van der Waals surface area contributed by atoms with Gasteiger partial charge < -0.3 is 10.0 Å². The van der Waals surface area contributed by atoms with Crippen LogP contribution in [0.4, 0.5) is 14.9 Å². The summed E-state index contributed by atoms with van der Waals surface area (Å²) in [4.78, 5) is 16.4. The second kappa shape index (κ2) is 16.6. The Hall–Kier alpha value is -3.57. The predicted octanol–water partition coefficient (Wildman–Crippen LogP) is 10.5. The van der Waals surface area contributed by atoms with Gasteiger partial charge in [0.25, 0.3) is 0 Å². The van der Waals surface area contributed by atoms with Crippen LogP contribution in [-0.2, 0) is 23.1 Å². The molecule has 0 atom stereocenters. The van der Waals surface area contributed by atoms with Crippen LogP contribution in [0.2, 0.25) is 20.1 Å². The second-order valence-electron chi connectivity index (χ2n) is 13.1. The van der Waals surface area contributed by atoms with Crippen molar-refractivity contribution in [3.8, 4) is 5.75 Å². The molecular formula is C39H38Cl4FN3O4S. The van der Waals surface area contributed by atoms with Gasteiger partial charge in [-0.15, -0.1) is 0 Å². The first kappa shape index (κ1) is 39.6. The molecule has 4 aromatic carbocycles. The second-order valence-corrected chi connectivity index (χ2v) is 16.6. The summed E-state index contributed by atoms with van der Waals surface area (Å²) in [6, 6.07) is 23.6. The van der Waals surface area contributed by atoms with Crippen LogP contribution in [0.15, 0.2) is 114 Å². The number of alkyl halides is 1. The Labute approximate surface area is 324 Å². The zero-order valence-corrected chi connectivity index (χ0v) is 32.5. The van der Waals surface area contributed by atoms with Crippen LogP contribution in [0, 0.1) is 5.92 Å². The molecule has 0 aromatic heterocycles. The minimum absolute atomic E-state index is 0.0135. The molecular weight excluding hydrogens is 767 g/mol. The number of rotatable bonds is 12. The van der Waals surface area contributed by atoms with Gasteiger partial charge in [0.1, 0.15) is 4.90 Å². The number of phenols is 1. The Balaban J connectivity index is 1.46. The monoisotopic (exact) mass is 803 g/mol. The molecule has 0 unspecified atom stereocenters. The van der Waals surface area contributed by atoms with Crippen molar-refractivity contribution in [2.75, 3.05) is 25.0 Å². The van der Waals surface area contributed by atoms with E-state index in [4.69, 9.17) is 46.4 Å². The highest BCUT2D eigenvalue weighted by molar-refractivity contribution is 7.89. The number of carbonyl (C=O) groups is 1. The van der Waals surface area contributed by atoms with E-state index in [-0.39, 0.29) is 46.0 Å². The van der Waals surface area contributed by atoms with E-state index < -0.39 is 32.9 Å². The van der Waals surface area contributed by atoms with Crippen LogP contribution < -0.4 is 4.90 Å². The van der Waals surface area contributed by atoms with Crippen molar-refractivity contribution < 1.29 is 22.7 Å². The maximum Gasteiger partial charge on any atom is 0.324 e. The maximum atomic E-state index is 16.6. The average molecular weight is 806 g/mol. The molecule has 274 valence electrons. The van der Waals surface area contributed by atoms with Crippen LogP contribution >= 0.6 is 46.4 Å². The van der Waals surface area contributed by atoms with E-state index in [2.05, 4.69) is 0 Å². The Bertz CT molecular complexity index is 2080. The highest BCUT2D eigenvalue weighted by atomic mass is 35.5. The summed E-state index contributed by atoms with van der Waals surface area (Å²) in [5.74, 6) is -0.761. The molecule has 7 nitrogen and oxygen atoms in total. The molecule has 0 aliphatic heterocycles. The van der Waals surface area contributed by atoms with E-state index in [1.54, 1.807) is 60.5 Å². The third-order valence-electron chi connectivity index (χ3n) is 8.53. The summed E-state index contributed by atoms with van der Waals surface area (Å²) >= 11 is 25.0. The van der Waals surface area contributed by atoms with Crippen LogP contribution in [0.1, 0.15) is 36.5 Å². The first-order chi connectivity index (χ1) is 24.6. The molecule has 0 radical (unpaired) electrons. The molecule has 2 amide bonds. The van der Waals surface area contributed by atoms with Gasteiger partial charge in [0, 0.05) is 37.6 Å². The molecule has 13 heteroatoms. The SMILES string of the molecule is CC(C)CN(Cc1cccc(CN(CC2(F)C=CC(c3ccccc3)C=C2)S(=O)(=O)c2cc(Cl)cc(Cl)c2O)c1)C(=O)N(C)c1cccc(Cl)c1Cl. The fraction of sp³-hybridized carbons (Fsp3) is 0.256. The summed E-state index contributed by atoms with van der Waals surface area (Å²) in [5, 5.41) is 11.1. The third kappa shape index (κ3) is 9.31. The Kier molecular flexibility index (Phi) is 12.7. The number of hydrogen-bond donors (Lipinski definition) is 1. The summed E-state index contributed by atoms with van der Waals surface area (Å²) in [6.07, 6.45) is 6.10. The van der Waals surface area contributed by atoms with Gasteiger partial charge in [-0.3, -0.25) is 4.90 Å². The number of allylic oxidation sites excluding steroid dienone is 2. The number of phenolic OH excluding ortho intramolecular Hbond substituents is 1. The number of aromatic hydroxyl groups is 1. The number of nitrogens with zero attached hydrogens (tertiary/aromatic N) is 3. The lowest BCUT2D eigenvalue weighted by molar-refractivity contribution is 0.196. The first-order valence-electron chi connectivity index (χ1n) is 16.4. The zero-order valence-electron chi connectivity index (χ0n) is 28.7. The minimum atomic E-state index is -4.58. The summed E-state index contributed by atoms with van der Waals surface area (Å²) in [5.41, 5.74) is 0.463. The number of sulfonamides is 1. The first-order valence-corrected chi connectivity index (χ1v) is 19.4. The van der Waals surface area contributed by atoms with Gasteiger partial charge in [0.15, 0.2) is 11.4 Å². The molecule has 0 saturated heterocycles. The molecule has 0 heterocycles. The van der Waals surface area contributed by atoms with E-state index in [0.29, 0.717) is 28.4 Å². The van der Waals surface area contributed by atoms with Crippen molar-refractivity contribution >= 4 is 68.1 Å². The van der Waals surface area contributed by atoms with Crippen molar-refractivity contribution in [1.82, 2.24) is 9.21 Å². The smallest absolute Gasteiger partial charge is 0.324 e. The van der Waals surface area contributed by atoms with Crippen LogP contribution in [-0.4, -0.2) is 54.6 Å². The van der Waals surface area contributed by atoms with Crippen LogP contribution in [0.3, 0.4) is 0 Å². The van der Waals surface area contributed by atoms with E-state index in [9.17, 15) is 18.3 Å². The van der Waals surface area contributed by atoms with Crippen molar-refractivity contribution in [1.29, 1.82) is 0 Å². The number of hydrogen-bond acceptors (Lipinski definition) is 4. The molecule has 0 fully saturated rings. The predicted molar refractivity (Wildman–Crippen MR) is 209 cm³/mol. The number of anilines is 1. The van der Waals surface area contributed by atoms with Crippen LogP contribution in [0.25, 0.3) is 0 Å². The average Bonchev–Trinajstić information content (AvgIpc) is 3.10. The lowest BCUT2D eigenvalue weighted by Crippen LogP contribution is -2.43. The summed E-state index contributed by atoms with van der Waals surface area (Å²) < 4.78 is 46.1. The van der Waals surface area contributed by atoms with Gasteiger partial charge in [0.2, 0.25) is 10.0 Å². The zero-order chi connectivity index (χ0) is 37.8. The van der Waals surface area contributed by atoms with Gasteiger partial charge in [-0.25, -0.2) is 17.6 Å². The van der Waals surface area contributed by atoms with Gasteiger partial charge in [-0.2, -0.15) is 4.31 Å². The number of urea groups is 1. The van der Waals surface area contributed by atoms with Gasteiger partial charge in [0.05, 0.1) is 27.3 Å². The van der Waals surface area contributed by atoms with Crippen LogP contribution in [0.5, 0.6) is 5.75 Å². The molecule has 1 N–H and O–H groups in total. The molecule has 0 saturated carbocycles. The topological polar surface area (TPSA) is 81.2 Å². The van der Waals surface area contributed by atoms with E-state index in [1.807, 2.05) is 50.2 Å². The molecule has 1 aliphatic rings. The third-order valence-corrected chi connectivity index (χ3v) is 11.7. The molecule has 0 bridgehead atoms. The van der Waals surface area contributed by atoms with Crippen molar-refractivity contribution in [3.63, 3.8) is 0 Å². The van der Waals surface area contributed by atoms with Gasteiger partial charge in [-0.05, 0) is 59.0 Å². The molecule has 0 spiro atoms. The van der Waals surface area contributed by atoms with Crippen molar-refractivity contribution in [2.45, 2.75) is 43.4 Å². The summed E-state index contributed by atoms with van der Waals surface area (Å²) in [6.45, 7) is 3.70. The summed E-state index contributed by atoms with van der Waals surface area (Å²) in [7, 11) is -2.96. The molecule has 1 aliphatic carbocycles. The van der Waals surface area contributed by atoms with E-state index in [1.165, 1.54) is 23.1 Å². The molecule has 4 aromatic rings. The highest BCUT2D eigenvalue weighted by Crippen LogP contribution is 2.38. The standard InChI is InChI=1S/C39H38Cl4FN3O4S/c1-26(2)22-46(38(49)45(3)34-14-8-13-32(41)36(34)43)23-27-9-7-10-28(19-27)24-47(52(50,51)35-21-31(40)20-33(42)37(35)48)25-39(44)17-15-30(16-18-39)29-11-5-4-6-12-29/h4-21,26,30,48H,22-25H2,1-3H3. The van der Waals surface area contributed by atoms with E-state index >= 15 is 4.39 Å². The fourth-order valence-corrected chi connectivity index (χ4v) is 8.62. The Morgan fingerprint density at radius 2 is 1.50 bits per heavy atom. The fourth-order valence-electron chi connectivity index (χ4n) is 5.99. The Morgan fingerprint density at radius 3 is 2.15 bits per heavy atom. The minimum Gasteiger partial charge on any atom is -0.505 e. The number of benzene rings is 4. The molecule has 52 heavy (non-hydrogen) atoms. The molecule has 5 rings (SSSR count).